The predicted molar refractivity (Wildman–Crippen MR) is 82.2 cm³/mol. The van der Waals surface area contributed by atoms with E-state index in [1.807, 2.05) is 31.4 Å². The number of carbonyl (C=O) groups is 1. The van der Waals surface area contributed by atoms with Crippen LogP contribution in [0.3, 0.4) is 0 Å². The highest BCUT2D eigenvalue weighted by Crippen LogP contribution is 2.39. The lowest BCUT2D eigenvalue weighted by atomic mass is 9.92. The van der Waals surface area contributed by atoms with E-state index in [-0.39, 0.29) is 5.91 Å². The summed E-state index contributed by atoms with van der Waals surface area (Å²) >= 11 is 0. The molecule has 1 amide bonds. The lowest BCUT2D eigenvalue weighted by Gasteiger charge is -2.24. The molecule has 6 heteroatoms. The largest absolute Gasteiger partial charge is 0.496 e. The van der Waals surface area contributed by atoms with Crippen molar-refractivity contribution in [2.45, 2.75) is 24.9 Å². The van der Waals surface area contributed by atoms with Gasteiger partial charge in [0.1, 0.15) is 11.3 Å². The van der Waals surface area contributed by atoms with Crippen LogP contribution in [0.5, 0.6) is 5.75 Å². The number of benzene rings is 1. The number of aryl methyl sites for hydroxylation is 1. The van der Waals surface area contributed by atoms with Crippen molar-refractivity contribution in [1.82, 2.24) is 15.1 Å². The van der Waals surface area contributed by atoms with E-state index in [4.69, 9.17) is 10.5 Å². The van der Waals surface area contributed by atoms with Crippen molar-refractivity contribution in [3.05, 3.63) is 47.3 Å². The fraction of sp³-hybridized carbons (Fsp3) is 0.375. The summed E-state index contributed by atoms with van der Waals surface area (Å²) in [7, 11) is 3.48. The first-order valence-corrected chi connectivity index (χ1v) is 7.25. The van der Waals surface area contributed by atoms with Crippen molar-refractivity contribution in [2.75, 3.05) is 7.11 Å². The molecule has 0 saturated carbocycles. The zero-order valence-corrected chi connectivity index (χ0v) is 12.8. The van der Waals surface area contributed by atoms with Crippen LogP contribution in [-0.2, 0) is 30.3 Å². The second kappa shape index (κ2) is 5.46. The van der Waals surface area contributed by atoms with Crippen molar-refractivity contribution in [3.63, 3.8) is 0 Å². The molecule has 0 bridgehead atoms. The van der Waals surface area contributed by atoms with Crippen LogP contribution in [0.1, 0.15) is 23.1 Å². The topological polar surface area (TPSA) is 82.2 Å². The van der Waals surface area contributed by atoms with Crippen molar-refractivity contribution in [2.24, 2.45) is 12.8 Å². The van der Waals surface area contributed by atoms with Gasteiger partial charge < -0.3 is 15.8 Å². The smallest absolute Gasteiger partial charge is 0.244 e. The number of hydrogen-bond acceptors (Lipinski definition) is 4. The molecule has 0 spiro atoms. The molecule has 1 aromatic heterocycles. The average Bonchev–Trinajstić information content (AvgIpc) is 3.09. The first-order valence-electron chi connectivity index (χ1n) is 7.25. The highest BCUT2D eigenvalue weighted by molar-refractivity contribution is 5.89. The fourth-order valence-corrected chi connectivity index (χ4v) is 3.03. The number of ether oxygens (including phenoxy) is 1. The number of hydrogen-bond donors (Lipinski definition) is 2. The summed E-state index contributed by atoms with van der Waals surface area (Å²) in [6.07, 6.45) is 4.93. The van der Waals surface area contributed by atoms with Gasteiger partial charge in [-0.3, -0.25) is 9.48 Å². The number of amides is 1. The first-order chi connectivity index (χ1) is 10.5. The summed E-state index contributed by atoms with van der Waals surface area (Å²) in [5, 5.41) is 7.00. The quantitative estimate of drug-likeness (QED) is 0.877. The van der Waals surface area contributed by atoms with Crippen LogP contribution < -0.4 is 15.8 Å². The zero-order valence-electron chi connectivity index (χ0n) is 12.8. The Balaban J connectivity index is 1.79. The molecule has 6 nitrogen and oxygen atoms in total. The molecule has 0 saturated heterocycles. The number of carbonyl (C=O) groups excluding carboxylic acids is 1. The molecular weight excluding hydrogens is 280 g/mol. The molecule has 1 aliphatic rings. The predicted octanol–water partition coefficient (Wildman–Crippen LogP) is 0.845. The van der Waals surface area contributed by atoms with Crippen molar-refractivity contribution in [3.8, 4) is 5.75 Å². The van der Waals surface area contributed by atoms with E-state index < -0.39 is 5.54 Å². The van der Waals surface area contributed by atoms with Gasteiger partial charge in [-0.15, -0.1) is 0 Å². The summed E-state index contributed by atoms with van der Waals surface area (Å²) in [5.41, 5.74) is 8.26. The Labute approximate surface area is 129 Å². The number of fused-ring (bicyclic) bond motifs is 1. The van der Waals surface area contributed by atoms with E-state index in [9.17, 15) is 4.79 Å². The summed E-state index contributed by atoms with van der Waals surface area (Å²) in [6.45, 7) is 0.422. The van der Waals surface area contributed by atoms with Crippen molar-refractivity contribution < 1.29 is 9.53 Å². The Bertz CT molecular complexity index is 710. The molecule has 22 heavy (non-hydrogen) atoms. The third kappa shape index (κ3) is 2.35. The molecule has 3 rings (SSSR count). The molecule has 1 aromatic carbocycles. The lowest BCUT2D eigenvalue weighted by Crippen LogP contribution is -2.49. The van der Waals surface area contributed by atoms with Crippen molar-refractivity contribution in [1.29, 1.82) is 0 Å². The SMILES string of the molecule is COc1cccc2c1CCC2(N)C(=O)NCc1cnn(C)c1. The number of aromatic nitrogens is 2. The van der Waals surface area contributed by atoms with Crippen LogP contribution in [0.4, 0.5) is 0 Å². The molecule has 1 aliphatic carbocycles. The maximum absolute atomic E-state index is 12.6. The Morgan fingerprint density at radius 1 is 1.55 bits per heavy atom. The average molecular weight is 300 g/mol. The molecule has 0 fully saturated rings. The van der Waals surface area contributed by atoms with Crippen molar-refractivity contribution >= 4 is 5.91 Å². The molecule has 3 N–H and O–H groups in total. The van der Waals surface area contributed by atoms with Crippen LogP contribution in [0.2, 0.25) is 0 Å². The molecule has 1 unspecified atom stereocenters. The third-order valence-electron chi connectivity index (χ3n) is 4.22. The summed E-state index contributed by atoms with van der Waals surface area (Å²) in [6, 6.07) is 5.69. The number of nitrogens with one attached hydrogen (secondary N) is 1. The summed E-state index contributed by atoms with van der Waals surface area (Å²) < 4.78 is 7.07. The van der Waals surface area contributed by atoms with Gasteiger partial charge in [-0.1, -0.05) is 12.1 Å². The highest BCUT2D eigenvalue weighted by Gasteiger charge is 2.42. The van der Waals surface area contributed by atoms with Gasteiger partial charge in [-0.05, 0) is 30.0 Å². The van der Waals surface area contributed by atoms with Gasteiger partial charge >= 0.3 is 0 Å². The minimum atomic E-state index is -0.994. The standard InChI is InChI=1S/C16H20N4O2/c1-20-10-11(9-19-20)8-18-15(21)16(17)7-6-12-13(16)4-3-5-14(12)22-2/h3-5,9-10H,6-8,17H2,1-2H3,(H,18,21). The lowest BCUT2D eigenvalue weighted by molar-refractivity contribution is -0.126. The van der Waals surface area contributed by atoms with Gasteiger partial charge in [0.25, 0.3) is 0 Å². The molecule has 2 aromatic rings. The van der Waals surface area contributed by atoms with E-state index in [2.05, 4.69) is 10.4 Å². The minimum Gasteiger partial charge on any atom is -0.496 e. The molecule has 0 aliphatic heterocycles. The maximum Gasteiger partial charge on any atom is 0.244 e. The number of rotatable bonds is 4. The second-order valence-electron chi connectivity index (χ2n) is 5.66. The van der Waals surface area contributed by atoms with E-state index in [0.29, 0.717) is 13.0 Å². The minimum absolute atomic E-state index is 0.164. The van der Waals surface area contributed by atoms with E-state index >= 15 is 0 Å². The Morgan fingerprint density at radius 2 is 2.36 bits per heavy atom. The molecule has 116 valence electrons. The summed E-state index contributed by atoms with van der Waals surface area (Å²) in [4.78, 5) is 12.6. The molecule has 0 radical (unpaired) electrons. The Hall–Kier alpha value is -2.34. The van der Waals surface area contributed by atoms with E-state index in [0.717, 1.165) is 28.9 Å². The van der Waals surface area contributed by atoms with Crippen LogP contribution in [0.25, 0.3) is 0 Å². The van der Waals surface area contributed by atoms with Crippen LogP contribution >= 0.6 is 0 Å². The van der Waals surface area contributed by atoms with Gasteiger partial charge in [0.15, 0.2) is 0 Å². The molecular formula is C16H20N4O2. The van der Waals surface area contributed by atoms with Crippen LogP contribution in [-0.4, -0.2) is 22.8 Å². The highest BCUT2D eigenvalue weighted by atomic mass is 16.5. The number of methoxy groups -OCH3 is 1. The van der Waals surface area contributed by atoms with E-state index in [1.165, 1.54) is 0 Å². The Kier molecular flexibility index (Phi) is 3.62. The number of nitrogens with zero attached hydrogens (tertiary/aromatic N) is 2. The van der Waals surface area contributed by atoms with Crippen LogP contribution in [0, 0.1) is 0 Å². The normalized spacial score (nSPS) is 19.8. The summed E-state index contributed by atoms with van der Waals surface area (Å²) in [5.74, 6) is 0.633. The van der Waals surface area contributed by atoms with Gasteiger partial charge in [0.05, 0.1) is 13.3 Å². The monoisotopic (exact) mass is 300 g/mol. The van der Waals surface area contributed by atoms with Gasteiger partial charge in [-0.2, -0.15) is 5.10 Å². The molecule has 1 atom stereocenters. The molecule has 1 heterocycles. The third-order valence-corrected chi connectivity index (χ3v) is 4.22. The van der Waals surface area contributed by atoms with Crippen LogP contribution in [0.15, 0.2) is 30.6 Å². The van der Waals surface area contributed by atoms with Gasteiger partial charge in [0, 0.05) is 25.4 Å². The Morgan fingerprint density at radius 3 is 3.05 bits per heavy atom. The first kappa shape index (κ1) is 14.6. The van der Waals surface area contributed by atoms with E-state index in [1.54, 1.807) is 18.0 Å². The second-order valence-corrected chi connectivity index (χ2v) is 5.66. The zero-order chi connectivity index (χ0) is 15.7. The fourth-order valence-electron chi connectivity index (χ4n) is 3.03. The number of nitrogens with two attached hydrogens (primary N) is 1. The van der Waals surface area contributed by atoms with Gasteiger partial charge in [0.2, 0.25) is 5.91 Å². The van der Waals surface area contributed by atoms with Gasteiger partial charge in [-0.25, -0.2) is 0 Å². The maximum atomic E-state index is 12.6.